The second-order valence-electron chi connectivity index (χ2n) is 8.10. The minimum atomic E-state index is -0.330. The van der Waals surface area contributed by atoms with Crippen LogP contribution in [0.2, 0.25) is 0 Å². The Bertz CT molecular complexity index is 1210. The fraction of sp³-hybridized carbons (Fsp3) is 0.409. The van der Waals surface area contributed by atoms with Crippen LogP contribution in [0.4, 0.5) is 5.82 Å². The Labute approximate surface area is 183 Å². The summed E-state index contributed by atoms with van der Waals surface area (Å²) in [5.41, 5.74) is 1.06. The zero-order chi connectivity index (χ0) is 22.1. The number of carbonyl (C=O) groups excluding carboxylic acids is 2. The van der Waals surface area contributed by atoms with Gasteiger partial charge in [-0.2, -0.15) is 0 Å². The molecule has 1 fully saturated rings. The number of thiophene rings is 1. The van der Waals surface area contributed by atoms with Crippen molar-refractivity contribution in [1.29, 1.82) is 0 Å². The lowest BCUT2D eigenvalue weighted by Gasteiger charge is -2.30. The number of aryl methyl sites for hydroxylation is 2. The van der Waals surface area contributed by atoms with Crippen LogP contribution in [0.5, 0.6) is 0 Å². The Morgan fingerprint density at radius 3 is 2.68 bits per heavy atom. The predicted octanol–water partition coefficient (Wildman–Crippen LogP) is 2.98. The number of aromatic nitrogens is 3. The maximum absolute atomic E-state index is 13.1. The van der Waals surface area contributed by atoms with Gasteiger partial charge >= 0.3 is 0 Å². The van der Waals surface area contributed by atoms with Gasteiger partial charge < -0.3 is 10.2 Å². The molecule has 1 aliphatic heterocycles. The molecule has 8 nitrogen and oxygen atoms in total. The summed E-state index contributed by atoms with van der Waals surface area (Å²) < 4.78 is 1.34. The van der Waals surface area contributed by atoms with E-state index in [1.807, 2.05) is 24.0 Å². The number of amides is 2. The lowest BCUT2D eigenvalue weighted by atomic mass is 9.99. The molecule has 3 aromatic rings. The second-order valence-corrected chi connectivity index (χ2v) is 9.09. The first kappa shape index (κ1) is 21.2. The third kappa shape index (κ3) is 4.36. The quantitative estimate of drug-likeness (QED) is 0.674. The highest BCUT2D eigenvalue weighted by atomic mass is 32.1. The van der Waals surface area contributed by atoms with Crippen molar-refractivity contribution >= 4 is 39.2 Å². The average Bonchev–Trinajstić information content (AvgIpc) is 3.08. The van der Waals surface area contributed by atoms with E-state index in [9.17, 15) is 14.4 Å². The van der Waals surface area contributed by atoms with Crippen LogP contribution in [0.15, 0.2) is 29.3 Å². The normalized spacial score (nSPS) is 14.7. The molecule has 1 N–H and O–H groups in total. The zero-order valence-electron chi connectivity index (χ0n) is 17.8. The number of hydrogen-bond donors (Lipinski definition) is 1. The minimum absolute atomic E-state index is 0.0415. The van der Waals surface area contributed by atoms with Crippen molar-refractivity contribution in [1.82, 2.24) is 19.4 Å². The fourth-order valence-corrected chi connectivity index (χ4v) is 4.81. The van der Waals surface area contributed by atoms with Gasteiger partial charge in [0.15, 0.2) is 0 Å². The molecule has 0 bridgehead atoms. The topological polar surface area (TPSA) is 97.2 Å². The fourth-order valence-electron chi connectivity index (χ4n) is 3.78. The van der Waals surface area contributed by atoms with Gasteiger partial charge in [-0.25, -0.2) is 9.97 Å². The van der Waals surface area contributed by atoms with E-state index >= 15 is 0 Å². The van der Waals surface area contributed by atoms with Crippen molar-refractivity contribution < 1.29 is 9.59 Å². The van der Waals surface area contributed by atoms with E-state index in [0.29, 0.717) is 32.4 Å². The Kier molecular flexibility index (Phi) is 5.86. The van der Waals surface area contributed by atoms with Gasteiger partial charge in [0.2, 0.25) is 5.91 Å². The molecule has 4 heterocycles. The molecule has 162 valence electrons. The monoisotopic (exact) mass is 439 g/mol. The molecule has 4 rings (SSSR count). The maximum atomic E-state index is 13.1. The summed E-state index contributed by atoms with van der Waals surface area (Å²) in [5, 5.41) is 3.16. The highest BCUT2D eigenvalue weighted by Crippen LogP contribution is 2.27. The van der Waals surface area contributed by atoms with Gasteiger partial charge in [-0.15, -0.1) is 11.3 Å². The number of rotatable bonds is 4. The van der Waals surface area contributed by atoms with E-state index < -0.39 is 0 Å². The van der Waals surface area contributed by atoms with E-state index in [1.165, 1.54) is 22.2 Å². The number of piperidine rings is 1. The first-order valence-electron chi connectivity index (χ1n) is 10.3. The van der Waals surface area contributed by atoms with Crippen molar-refractivity contribution in [2.45, 2.75) is 40.2 Å². The van der Waals surface area contributed by atoms with Gasteiger partial charge in [-0.1, -0.05) is 13.0 Å². The van der Waals surface area contributed by atoms with E-state index in [-0.39, 0.29) is 23.9 Å². The van der Waals surface area contributed by atoms with Gasteiger partial charge in [-0.05, 0) is 50.3 Å². The number of pyridine rings is 1. The van der Waals surface area contributed by atoms with Crippen LogP contribution >= 0.6 is 11.3 Å². The summed E-state index contributed by atoms with van der Waals surface area (Å²) in [4.78, 5) is 49.9. The Hall–Kier alpha value is -3.07. The van der Waals surface area contributed by atoms with Crippen LogP contribution in [0.25, 0.3) is 10.2 Å². The van der Waals surface area contributed by atoms with Crippen LogP contribution in [0.3, 0.4) is 0 Å². The summed E-state index contributed by atoms with van der Waals surface area (Å²) in [6, 6.07) is 5.38. The SMILES string of the molecule is Cc1cccc(NC(=O)c2sc3ncn(CC(=O)N4CCC(C)CC4)c(=O)c3c2C)n1. The molecule has 0 aromatic carbocycles. The lowest BCUT2D eigenvalue weighted by molar-refractivity contribution is -0.133. The zero-order valence-corrected chi connectivity index (χ0v) is 18.7. The summed E-state index contributed by atoms with van der Waals surface area (Å²) in [6.45, 7) is 7.17. The molecule has 1 aliphatic rings. The van der Waals surface area contributed by atoms with Gasteiger partial charge in [0.1, 0.15) is 17.2 Å². The van der Waals surface area contributed by atoms with Gasteiger partial charge in [0.25, 0.3) is 11.5 Å². The molecule has 31 heavy (non-hydrogen) atoms. The predicted molar refractivity (Wildman–Crippen MR) is 121 cm³/mol. The molecule has 0 spiro atoms. The number of nitrogens with one attached hydrogen (secondary N) is 1. The molecule has 3 aromatic heterocycles. The van der Waals surface area contributed by atoms with Crippen molar-refractivity contribution in [3.05, 3.63) is 51.0 Å². The molecule has 0 radical (unpaired) electrons. The van der Waals surface area contributed by atoms with Gasteiger partial charge in [0, 0.05) is 18.8 Å². The second kappa shape index (κ2) is 8.58. The smallest absolute Gasteiger partial charge is 0.267 e. The van der Waals surface area contributed by atoms with E-state index in [2.05, 4.69) is 22.2 Å². The van der Waals surface area contributed by atoms with E-state index in [0.717, 1.165) is 31.6 Å². The standard InChI is InChI=1S/C22H25N5O3S/c1-13-7-9-26(10-8-13)17(28)11-27-12-23-21-18(22(27)30)15(3)19(31-21)20(29)25-16-6-4-5-14(2)24-16/h4-6,12-13H,7-11H2,1-3H3,(H,24,25,29). The minimum Gasteiger partial charge on any atom is -0.341 e. The number of likely N-dealkylation sites (tertiary alicyclic amines) is 1. The number of anilines is 1. The van der Waals surface area contributed by atoms with Crippen LogP contribution in [-0.4, -0.2) is 44.3 Å². The average molecular weight is 440 g/mol. The Morgan fingerprint density at radius 2 is 1.97 bits per heavy atom. The molecule has 9 heteroatoms. The van der Waals surface area contributed by atoms with Crippen LogP contribution in [-0.2, 0) is 11.3 Å². The van der Waals surface area contributed by atoms with E-state index in [4.69, 9.17) is 0 Å². The molecule has 0 unspecified atom stereocenters. The van der Waals surface area contributed by atoms with Crippen LogP contribution in [0.1, 0.15) is 40.7 Å². The molecular weight excluding hydrogens is 414 g/mol. The molecule has 0 aliphatic carbocycles. The Morgan fingerprint density at radius 1 is 1.23 bits per heavy atom. The number of fused-ring (bicyclic) bond motifs is 1. The number of nitrogens with zero attached hydrogens (tertiary/aromatic N) is 4. The molecule has 0 atom stereocenters. The third-order valence-electron chi connectivity index (χ3n) is 5.70. The highest BCUT2D eigenvalue weighted by molar-refractivity contribution is 7.20. The summed E-state index contributed by atoms with van der Waals surface area (Å²) in [7, 11) is 0. The summed E-state index contributed by atoms with van der Waals surface area (Å²) >= 11 is 1.17. The third-order valence-corrected chi connectivity index (χ3v) is 6.89. The first-order chi connectivity index (χ1) is 14.8. The van der Waals surface area contributed by atoms with Crippen molar-refractivity contribution in [3.8, 4) is 0 Å². The maximum Gasteiger partial charge on any atom is 0.267 e. The van der Waals surface area contributed by atoms with Crippen LogP contribution in [0, 0.1) is 19.8 Å². The number of carbonyl (C=O) groups is 2. The molecular formula is C22H25N5O3S. The molecule has 2 amide bonds. The van der Waals surface area contributed by atoms with Crippen LogP contribution < -0.4 is 10.9 Å². The molecule has 0 saturated carbocycles. The summed E-state index contributed by atoms with van der Waals surface area (Å²) in [5.74, 6) is 0.668. The van der Waals surface area contributed by atoms with Gasteiger partial charge in [-0.3, -0.25) is 19.0 Å². The highest BCUT2D eigenvalue weighted by Gasteiger charge is 2.23. The lowest BCUT2D eigenvalue weighted by Crippen LogP contribution is -2.41. The van der Waals surface area contributed by atoms with Crippen molar-refractivity contribution in [2.24, 2.45) is 5.92 Å². The largest absolute Gasteiger partial charge is 0.341 e. The van der Waals surface area contributed by atoms with Crippen molar-refractivity contribution in [2.75, 3.05) is 18.4 Å². The number of hydrogen-bond acceptors (Lipinski definition) is 6. The van der Waals surface area contributed by atoms with Crippen molar-refractivity contribution in [3.63, 3.8) is 0 Å². The summed E-state index contributed by atoms with van der Waals surface area (Å²) in [6.07, 6.45) is 3.36. The van der Waals surface area contributed by atoms with E-state index in [1.54, 1.807) is 13.0 Å². The van der Waals surface area contributed by atoms with Gasteiger partial charge in [0.05, 0.1) is 16.6 Å². The molecule has 1 saturated heterocycles. The Balaban J connectivity index is 1.58. The first-order valence-corrected chi connectivity index (χ1v) is 11.2.